The summed E-state index contributed by atoms with van der Waals surface area (Å²) in [5.74, 6) is -0.302. The number of hydrogen-bond donors (Lipinski definition) is 1. The number of sulfonamides is 1. The lowest BCUT2D eigenvalue weighted by molar-refractivity contribution is 0.0730. The van der Waals surface area contributed by atoms with Crippen molar-refractivity contribution in [3.63, 3.8) is 0 Å². The van der Waals surface area contributed by atoms with Crippen LogP contribution in [-0.4, -0.2) is 67.5 Å². The Morgan fingerprint density at radius 2 is 1.77 bits per heavy atom. The number of carbonyl (C=O) groups excluding carboxylic acids is 1. The zero-order chi connectivity index (χ0) is 22.4. The zero-order valence-electron chi connectivity index (χ0n) is 18.5. The molecule has 0 radical (unpaired) electrons. The lowest BCUT2D eigenvalue weighted by Gasteiger charge is -2.25. The molecular formula is C22H32N4O4S. The van der Waals surface area contributed by atoms with E-state index >= 15 is 0 Å². The summed E-state index contributed by atoms with van der Waals surface area (Å²) in [6, 6.07) is 9.50. The highest BCUT2D eigenvalue weighted by Gasteiger charge is 2.28. The number of benzene rings is 1. The summed E-state index contributed by atoms with van der Waals surface area (Å²) in [4.78, 5) is 15.3. The molecule has 8 nitrogen and oxygen atoms in total. The van der Waals surface area contributed by atoms with Crippen molar-refractivity contribution in [1.29, 1.82) is 0 Å². The molecule has 1 amide bonds. The number of aryl methyl sites for hydroxylation is 1. The van der Waals surface area contributed by atoms with Crippen molar-refractivity contribution in [3.8, 4) is 0 Å². The second kappa shape index (κ2) is 10.4. The van der Waals surface area contributed by atoms with Crippen LogP contribution in [0.2, 0.25) is 0 Å². The maximum atomic E-state index is 12.9. The summed E-state index contributed by atoms with van der Waals surface area (Å²) in [5.41, 5.74) is 2.54. The van der Waals surface area contributed by atoms with Crippen molar-refractivity contribution in [2.24, 2.45) is 7.05 Å². The van der Waals surface area contributed by atoms with Gasteiger partial charge in [-0.2, -0.15) is 4.31 Å². The molecule has 1 aliphatic heterocycles. The fraction of sp³-hybridized carbons (Fsp3) is 0.500. The van der Waals surface area contributed by atoms with E-state index in [9.17, 15) is 13.2 Å². The molecule has 170 valence electrons. The Bertz CT molecular complexity index is 993. The molecule has 0 bridgehead atoms. The standard InChI is InChI=1S/C22H32N4O4S/c1-4-25(5-2)16-19-9-7-6-8-18(19)15-23-22(27)21-14-20(17-24(21)3)31(28,29)26-10-12-30-13-11-26/h6-9,14,17H,4-5,10-13,15-16H2,1-3H3,(H,23,27). The first-order chi connectivity index (χ1) is 14.9. The molecule has 0 saturated carbocycles. The number of rotatable bonds is 9. The number of amides is 1. The predicted octanol–water partition coefficient (Wildman–Crippen LogP) is 1.82. The molecule has 3 rings (SSSR count). The number of carbonyl (C=O) groups is 1. The van der Waals surface area contributed by atoms with Crippen LogP contribution >= 0.6 is 0 Å². The molecule has 1 aromatic carbocycles. The van der Waals surface area contributed by atoms with Crippen molar-refractivity contribution in [2.75, 3.05) is 39.4 Å². The van der Waals surface area contributed by atoms with Crippen LogP contribution in [0, 0.1) is 0 Å². The first-order valence-electron chi connectivity index (χ1n) is 10.7. The minimum absolute atomic E-state index is 0.129. The van der Waals surface area contributed by atoms with E-state index in [2.05, 4.69) is 30.1 Å². The van der Waals surface area contributed by atoms with E-state index in [-0.39, 0.29) is 10.8 Å². The lowest BCUT2D eigenvalue weighted by Crippen LogP contribution is -2.40. The minimum Gasteiger partial charge on any atom is -0.379 e. The van der Waals surface area contributed by atoms with Gasteiger partial charge in [-0.1, -0.05) is 38.1 Å². The van der Waals surface area contributed by atoms with Crippen LogP contribution in [0.25, 0.3) is 0 Å². The van der Waals surface area contributed by atoms with Gasteiger partial charge in [0, 0.05) is 39.4 Å². The third kappa shape index (κ3) is 5.54. The summed E-state index contributed by atoms with van der Waals surface area (Å²) < 4.78 is 34.0. The molecule has 9 heteroatoms. The average Bonchev–Trinajstić information content (AvgIpc) is 3.19. The summed E-state index contributed by atoms with van der Waals surface area (Å²) in [5, 5.41) is 2.94. The van der Waals surface area contributed by atoms with Gasteiger partial charge in [-0.05, 0) is 30.3 Å². The van der Waals surface area contributed by atoms with Crippen molar-refractivity contribution >= 4 is 15.9 Å². The van der Waals surface area contributed by atoms with Gasteiger partial charge in [0.2, 0.25) is 10.0 Å². The van der Waals surface area contributed by atoms with E-state index in [1.54, 1.807) is 11.6 Å². The number of nitrogens with zero attached hydrogens (tertiary/aromatic N) is 3. The molecule has 1 saturated heterocycles. The smallest absolute Gasteiger partial charge is 0.268 e. The molecule has 2 heterocycles. The fourth-order valence-corrected chi connectivity index (χ4v) is 5.16. The molecule has 2 aromatic rings. The number of nitrogens with one attached hydrogen (secondary N) is 1. The van der Waals surface area contributed by atoms with E-state index < -0.39 is 10.0 Å². The highest BCUT2D eigenvalue weighted by molar-refractivity contribution is 7.89. The fourth-order valence-electron chi connectivity index (χ4n) is 3.68. The lowest BCUT2D eigenvalue weighted by atomic mass is 10.1. The molecule has 1 N–H and O–H groups in total. The van der Waals surface area contributed by atoms with Crippen molar-refractivity contribution in [1.82, 2.24) is 19.1 Å². The molecule has 0 aliphatic carbocycles. The van der Waals surface area contributed by atoms with Crippen LogP contribution in [0.4, 0.5) is 0 Å². The van der Waals surface area contributed by atoms with E-state index in [1.807, 2.05) is 18.2 Å². The largest absolute Gasteiger partial charge is 0.379 e. The first-order valence-corrected chi connectivity index (χ1v) is 12.1. The molecular weight excluding hydrogens is 416 g/mol. The Balaban J connectivity index is 1.71. The minimum atomic E-state index is -3.64. The SMILES string of the molecule is CCN(CC)Cc1ccccc1CNC(=O)c1cc(S(=O)(=O)N2CCOCC2)cn1C. The van der Waals surface area contributed by atoms with E-state index in [0.29, 0.717) is 38.5 Å². The van der Waals surface area contributed by atoms with Gasteiger partial charge in [-0.15, -0.1) is 0 Å². The Kier molecular flexibility index (Phi) is 7.88. The average molecular weight is 449 g/mol. The van der Waals surface area contributed by atoms with Gasteiger partial charge in [0.1, 0.15) is 10.6 Å². The number of ether oxygens (including phenoxy) is 1. The van der Waals surface area contributed by atoms with Crippen molar-refractivity contribution in [2.45, 2.75) is 31.8 Å². The second-order valence-corrected chi connectivity index (χ2v) is 9.54. The maximum absolute atomic E-state index is 12.9. The molecule has 0 unspecified atom stereocenters. The number of aromatic nitrogens is 1. The monoisotopic (exact) mass is 448 g/mol. The van der Waals surface area contributed by atoms with Crippen LogP contribution in [0.3, 0.4) is 0 Å². The Hall–Kier alpha value is -2.20. The van der Waals surface area contributed by atoms with Gasteiger partial charge in [-0.25, -0.2) is 8.42 Å². The van der Waals surface area contributed by atoms with Gasteiger partial charge < -0.3 is 14.6 Å². The van der Waals surface area contributed by atoms with Crippen LogP contribution in [0.5, 0.6) is 0 Å². The van der Waals surface area contributed by atoms with E-state index in [0.717, 1.165) is 25.2 Å². The van der Waals surface area contributed by atoms with E-state index in [4.69, 9.17) is 4.74 Å². The third-order valence-corrected chi connectivity index (χ3v) is 7.53. The third-order valence-electron chi connectivity index (χ3n) is 5.67. The molecule has 0 spiro atoms. The molecule has 1 aliphatic rings. The summed E-state index contributed by atoms with van der Waals surface area (Å²) in [6.07, 6.45) is 1.49. The predicted molar refractivity (Wildman–Crippen MR) is 119 cm³/mol. The summed E-state index contributed by atoms with van der Waals surface area (Å²) in [6.45, 7) is 8.79. The van der Waals surface area contributed by atoms with E-state index in [1.165, 1.54) is 22.1 Å². The number of morpholine rings is 1. The molecule has 0 atom stereocenters. The quantitative estimate of drug-likeness (QED) is 0.633. The topological polar surface area (TPSA) is 83.9 Å². The maximum Gasteiger partial charge on any atom is 0.268 e. The number of hydrogen-bond acceptors (Lipinski definition) is 5. The Labute approximate surface area is 184 Å². The molecule has 31 heavy (non-hydrogen) atoms. The van der Waals surface area contributed by atoms with Crippen LogP contribution < -0.4 is 5.32 Å². The van der Waals surface area contributed by atoms with Gasteiger partial charge in [0.15, 0.2) is 0 Å². The Morgan fingerprint density at radius 1 is 1.13 bits per heavy atom. The highest BCUT2D eigenvalue weighted by atomic mass is 32.2. The summed E-state index contributed by atoms with van der Waals surface area (Å²) in [7, 11) is -1.96. The van der Waals surface area contributed by atoms with Gasteiger partial charge in [0.05, 0.1) is 13.2 Å². The molecule has 1 fully saturated rings. The van der Waals surface area contributed by atoms with Gasteiger partial charge in [0.25, 0.3) is 5.91 Å². The van der Waals surface area contributed by atoms with Crippen LogP contribution in [0.1, 0.15) is 35.5 Å². The Morgan fingerprint density at radius 3 is 2.42 bits per heavy atom. The van der Waals surface area contributed by atoms with Crippen molar-refractivity contribution < 1.29 is 17.9 Å². The summed E-state index contributed by atoms with van der Waals surface area (Å²) >= 11 is 0. The van der Waals surface area contributed by atoms with Crippen LogP contribution in [-0.2, 0) is 34.9 Å². The van der Waals surface area contributed by atoms with Crippen LogP contribution in [0.15, 0.2) is 41.4 Å². The zero-order valence-corrected chi connectivity index (χ0v) is 19.3. The normalized spacial score (nSPS) is 15.4. The molecule has 1 aromatic heterocycles. The first kappa shape index (κ1) is 23.5. The van der Waals surface area contributed by atoms with Gasteiger partial charge in [-0.3, -0.25) is 9.69 Å². The highest BCUT2D eigenvalue weighted by Crippen LogP contribution is 2.20. The van der Waals surface area contributed by atoms with Crippen molar-refractivity contribution in [3.05, 3.63) is 53.3 Å². The van der Waals surface area contributed by atoms with Gasteiger partial charge >= 0.3 is 0 Å². The second-order valence-electron chi connectivity index (χ2n) is 7.60.